The van der Waals surface area contributed by atoms with Crippen LogP contribution in [0.25, 0.3) is 0 Å². The number of carbonyl (C=O) groups excluding carboxylic acids is 1. The Morgan fingerprint density at radius 3 is 3.05 bits per heavy atom. The summed E-state index contributed by atoms with van der Waals surface area (Å²) in [5, 5.41) is 3.42. The number of rotatable bonds is 6. The summed E-state index contributed by atoms with van der Waals surface area (Å²) in [5.41, 5.74) is 8.19. The monoisotopic (exact) mass is 294 g/mol. The van der Waals surface area contributed by atoms with E-state index in [0.717, 1.165) is 62.9 Å². The summed E-state index contributed by atoms with van der Waals surface area (Å²) in [6.45, 7) is 4.08. The molecule has 0 amide bonds. The van der Waals surface area contributed by atoms with Crippen LogP contribution in [0.15, 0.2) is 23.0 Å². The summed E-state index contributed by atoms with van der Waals surface area (Å²) < 4.78 is 10.7. The van der Waals surface area contributed by atoms with Gasteiger partial charge in [-0.2, -0.15) is 0 Å². The average molecular weight is 294 g/mol. The molecular weight excluding hydrogens is 268 g/mol. The van der Waals surface area contributed by atoms with Gasteiger partial charge in [0.05, 0.1) is 12.7 Å². The fourth-order valence-corrected chi connectivity index (χ4v) is 2.63. The molecule has 1 atom stereocenters. The second kappa shape index (κ2) is 8.08. The van der Waals surface area contributed by atoms with E-state index in [9.17, 15) is 4.79 Å². The van der Waals surface area contributed by atoms with Gasteiger partial charge < -0.3 is 20.5 Å². The van der Waals surface area contributed by atoms with E-state index in [0.29, 0.717) is 12.7 Å². The quantitative estimate of drug-likeness (QED) is 0.579. The Labute approximate surface area is 126 Å². The molecule has 21 heavy (non-hydrogen) atoms. The maximum Gasteiger partial charge on any atom is 0.354 e. The van der Waals surface area contributed by atoms with Crippen molar-refractivity contribution in [1.82, 2.24) is 5.32 Å². The van der Waals surface area contributed by atoms with E-state index >= 15 is 0 Å². The van der Waals surface area contributed by atoms with Gasteiger partial charge in [0.2, 0.25) is 0 Å². The summed E-state index contributed by atoms with van der Waals surface area (Å²) in [6, 6.07) is 0. The minimum Gasteiger partial charge on any atom is -0.461 e. The standard InChI is InChI=1S/C16H26N2O3/c1-2-8-21-16(19)15(17)12-5-3-6-13(10-12)18-11-14-7-4-9-20-14/h10,14,18H,2-9,11,17H2,1H3/b15-12+. The van der Waals surface area contributed by atoms with Crippen molar-refractivity contribution < 1.29 is 14.3 Å². The van der Waals surface area contributed by atoms with Crippen LogP contribution in [-0.4, -0.2) is 31.8 Å². The lowest BCUT2D eigenvalue weighted by atomic mass is 9.97. The van der Waals surface area contributed by atoms with Gasteiger partial charge >= 0.3 is 5.97 Å². The summed E-state index contributed by atoms with van der Waals surface area (Å²) in [7, 11) is 0. The van der Waals surface area contributed by atoms with Crippen LogP contribution in [0.4, 0.5) is 0 Å². The molecule has 0 aromatic rings. The molecule has 0 spiro atoms. The second-order valence-corrected chi connectivity index (χ2v) is 5.61. The predicted molar refractivity (Wildman–Crippen MR) is 81.4 cm³/mol. The van der Waals surface area contributed by atoms with Crippen molar-refractivity contribution in [2.45, 2.75) is 51.6 Å². The highest BCUT2D eigenvalue weighted by atomic mass is 16.5. The smallest absolute Gasteiger partial charge is 0.354 e. The molecule has 1 aliphatic carbocycles. The van der Waals surface area contributed by atoms with Gasteiger partial charge in [0.25, 0.3) is 0 Å². The average Bonchev–Trinajstić information content (AvgIpc) is 3.03. The maximum absolute atomic E-state index is 11.8. The van der Waals surface area contributed by atoms with Crippen molar-refractivity contribution in [3.63, 3.8) is 0 Å². The zero-order valence-electron chi connectivity index (χ0n) is 12.8. The van der Waals surface area contributed by atoms with Crippen LogP contribution in [0.2, 0.25) is 0 Å². The molecule has 0 radical (unpaired) electrons. The Balaban J connectivity index is 1.92. The highest BCUT2D eigenvalue weighted by Gasteiger charge is 2.18. The molecular formula is C16H26N2O3. The Hall–Kier alpha value is -1.49. The number of allylic oxidation sites excluding steroid dienone is 3. The lowest BCUT2D eigenvalue weighted by Gasteiger charge is -2.20. The molecule has 1 fully saturated rings. The molecule has 1 saturated heterocycles. The van der Waals surface area contributed by atoms with Crippen LogP contribution < -0.4 is 11.1 Å². The normalized spacial score (nSPS) is 24.4. The third kappa shape index (κ3) is 4.77. The second-order valence-electron chi connectivity index (χ2n) is 5.61. The van der Waals surface area contributed by atoms with E-state index in [1.165, 1.54) is 0 Å². The van der Waals surface area contributed by atoms with Crippen LogP contribution in [0, 0.1) is 0 Å². The van der Waals surface area contributed by atoms with Gasteiger partial charge in [-0.15, -0.1) is 0 Å². The van der Waals surface area contributed by atoms with Crippen LogP contribution in [0.5, 0.6) is 0 Å². The number of nitrogens with one attached hydrogen (secondary N) is 1. The third-order valence-electron chi connectivity index (χ3n) is 3.82. The largest absolute Gasteiger partial charge is 0.461 e. The van der Waals surface area contributed by atoms with E-state index in [1.807, 2.05) is 13.0 Å². The minimum absolute atomic E-state index is 0.250. The Kier molecular flexibility index (Phi) is 6.11. The zero-order valence-corrected chi connectivity index (χ0v) is 12.8. The van der Waals surface area contributed by atoms with Crippen molar-refractivity contribution in [3.05, 3.63) is 23.0 Å². The van der Waals surface area contributed by atoms with Gasteiger partial charge in [-0.25, -0.2) is 4.79 Å². The molecule has 2 rings (SSSR count). The van der Waals surface area contributed by atoms with Gasteiger partial charge in [-0.05, 0) is 50.2 Å². The maximum atomic E-state index is 11.8. The van der Waals surface area contributed by atoms with Gasteiger partial charge in [-0.3, -0.25) is 0 Å². The van der Waals surface area contributed by atoms with Gasteiger partial charge in [0.1, 0.15) is 5.70 Å². The topological polar surface area (TPSA) is 73.6 Å². The molecule has 118 valence electrons. The summed E-state index contributed by atoms with van der Waals surface area (Å²) >= 11 is 0. The number of nitrogens with two attached hydrogens (primary N) is 1. The SMILES string of the molecule is CCCOC(=O)/C(N)=C1\C=C(NCC2CCCO2)CCC1. The molecule has 0 aromatic carbocycles. The first-order valence-corrected chi connectivity index (χ1v) is 7.92. The van der Waals surface area contributed by atoms with Crippen molar-refractivity contribution >= 4 is 5.97 Å². The molecule has 5 heteroatoms. The van der Waals surface area contributed by atoms with Crippen molar-refractivity contribution in [1.29, 1.82) is 0 Å². The van der Waals surface area contributed by atoms with E-state index in [1.54, 1.807) is 0 Å². The first-order valence-electron chi connectivity index (χ1n) is 7.92. The molecule has 0 saturated carbocycles. The fourth-order valence-electron chi connectivity index (χ4n) is 2.63. The first-order chi connectivity index (χ1) is 10.2. The van der Waals surface area contributed by atoms with Crippen LogP contribution in [-0.2, 0) is 14.3 Å². The number of carbonyl (C=O) groups is 1. The fraction of sp³-hybridized carbons (Fsp3) is 0.688. The van der Waals surface area contributed by atoms with Crippen molar-refractivity contribution in [3.8, 4) is 0 Å². The van der Waals surface area contributed by atoms with Gasteiger partial charge in [0.15, 0.2) is 0 Å². The highest BCUT2D eigenvalue weighted by molar-refractivity contribution is 5.88. The lowest BCUT2D eigenvalue weighted by molar-refractivity contribution is -0.139. The van der Waals surface area contributed by atoms with Crippen LogP contribution in [0.3, 0.4) is 0 Å². The zero-order chi connectivity index (χ0) is 15.1. The number of hydrogen-bond acceptors (Lipinski definition) is 5. The van der Waals surface area contributed by atoms with E-state index in [2.05, 4.69) is 5.32 Å². The molecule has 0 bridgehead atoms. The molecule has 1 aliphatic heterocycles. The molecule has 2 aliphatic rings. The lowest BCUT2D eigenvalue weighted by Crippen LogP contribution is -2.27. The summed E-state index contributed by atoms with van der Waals surface area (Å²) in [5.74, 6) is -0.400. The van der Waals surface area contributed by atoms with E-state index in [-0.39, 0.29) is 5.70 Å². The minimum atomic E-state index is -0.400. The van der Waals surface area contributed by atoms with Crippen molar-refractivity contribution in [2.24, 2.45) is 5.73 Å². The summed E-state index contributed by atoms with van der Waals surface area (Å²) in [6.07, 6.45) is 8.21. The van der Waals surface area contributed by atoms with E-state index < -0.39 is 5.97 Å². The molecule has 1 heterocycles. The van der Waals surface area contributed by atoms with Crippen molar-refractivity contribution in [2.75, 3.05) is 19.8 Å². The number of hydrogen-bond donors (Lipinski definition) is 2. The highest BCUT2D eigenvalue weighted by Crippen LogP contribution is 2.23. The van der Waals surface area contributed by atoms with E-state index in [4.69, 9.17) is 15.2 Å². The van der Waals surface area contributed by atoms with Crippen LogP contribution in [0.1, 0.15) is 45.4 Å². The molecule has 0 aromatic heterocycles. The summed E-state index contributed by atoms with van der Waals surface area (Å²) in [4.78, 5) is 11.8. The van der Waals surface area contributed by atoms with Gasteiger partial charge in [0, 0.05) is 18.8 Å². The Morgan fingerprint density at radius 2 is 2.33 bits per heavy atom. The molecule has 5 nitrogen and oxygen atoms in total. The number of esters is 1. The predicted octanol–water partition coefficient (Wildman–Crippen LogP) is 1.99. The Morgan fingerprint density at radius 1 is 1.48 bits per heavy atom. The Bertz CT molecular complexity index is 423. The first kappa shape index (κ1) is 15.9. The molecule has 3 N–H and O–H groups in total. The molecule has 1 unspecified atom stereocenters. The van der Waals surface area contributed by atoms with Gasteiger partial charge in [-0.1, -0.05) is 6.92 Å². The third-order valence-corrected chi connectivity index (χ3v) is 3.82. The number of ether oxygens (including phenoxy) is 2. The van der Waals surface area contributed by atoms with Crippen LogP contribution >= 0.6 is 0 Å².